The Hall–Kier alpha value is -2.08. The van der Waals surface area contributed by atoms with Crippen LogP contribution >= 0.6 is 0 Å². The summed E-state index contributed by atoms with van der Waals surface area (Å²) in [5, 5.41) is 2.83. The van der Waals surface area contributed by atoms with Crippen molar-refractivity contribution in [1.29, 1.82) is 0 Å². The maximum absolute atomic E-state index is 12.2. The minimum absolute atomic E-state index is 0.0263. The molecular weight excluding hydrogens is 294 g/mol. The van der Waals surface area contributed by atoms with Crippen molar-refractivity contribution in [1.82, 2.24) is 9.80 Å². The van der Waals surface area contributed by atoms with Crippen molar-refractivity contribution in [3.63, 3.8) is 0 Å². The van der Waals surface area contributed by atoms with Crippen molar-refractivity contribution in [2.24, 2.45) is 0 Å². The van der Waals surface area contributed by atoms with Crippen molar-refractivity contribution >= 4 is 17.5 Å². The minimum atomic E-state index is -0.177. The van der Waals surface area contributed by atoms with Gasteiger partial charge in [-0.25, -0.2) is 0 Å². The molecule has 2 amide bonds. The van der Waals surface area contributed by atoms with E-state index in [4.69, 9.17) is 4.74 Å². The van der Waals surface area contributed by atoms with Crippen LogP contribution in [0.25, 0.3) is 0 Å². The number of likely N-dealkylation sites (N-methyl/N-ethyl adjacent to an activating group) is 2. The van der Waals surface area contributed by atoms with Crippen LogP contribution in [-0.2, 0) is 9.59 Å². The number of carbonyl (C=O) groups excluding carboxylic acids is 2. The molecule has 0 aromatic heterocycles. The van der Waals surface area contributed by atoms with Crippen molar-refractivity contribution in [3.8, 4) is 5.75 Å². The Labute approximate surface area is 138 Å². The number of amides is 2. The molecule has 1 N–H and O–H groups in total. The number of hydrogen-bond donors (Lipinski definition) is 1. The summed E-state index contributed by atoms with van der Waals surface area (Å²) in [6.45, 7) is 7.55. The Bertz CT molecular complexity index is 542. The van der Waals surface area contributed by atoms with E-state index in [0.717, 1.165) is 5.56 Å². The Balaban J connectivity index is 2.59. The summed E-state index contributed by atoms with van der Waals surface area (Å²) < 4.78 is 5.24. The molecule has 1 rings (SSSR count). The summed E-state index contributed by atoms with van der Waals surface area (Å²) >= 11 is 0. The van der Waals surface area contributed by atoms with Crippen LogP contribution < -0.4 is 10.1 Å². The fraction of sp³-hybridized carbons (Fsp3) is 0.529. The highest BCUT2D eigenvalue weighted by Gasteiger charge is 2.15. The van der Waals surface area contributed by atoms with E-state index in [1.807, 2.05) is 39.0 Å². The fourth-order valence-corrected chi connectivity index (χ4v) is 2.32. The molecule has 0 spiro atoms. The normalized spacial score (nSPS) is 10.5. The van der Waals surface area contributed by atoms with E-state index in [0.29, 0.717) is 24.5 Å². The van der Waals surface area contributed by atoms with Gasteiger partial charge in [0.25, 0.3) is 0 Å². The molecule has 0 unspecified atom stereocenters. The second-order valence-electron chi connectivity index (χ2n) is 5.49. The van der Waals surface area contributed by atoms with Crippen LogP contribution in [0.5, 0.6) is 5.75 Å². The molecule has 0 aliphatic rings. The topological polar surface area (TPSA) is 61.9 Å². The SMILES string of the molecule is CCN(CC)C(=O)CN(C)CC(=O)Nc1cc(C)ccc1OC. The minimum Gasteiger partial charge on any atom is -0.495 e. The highest BCUT2D eigenvalue weighted by molar-refractivity contribution is 5.94. The van der Waals surface area contributed by atoms with Crippen molar-refractivity contribution in [2.45, 2.75) is 20.8 Å². The van der Waals surface area contributed by atoms with Crippen LogP contribution in [0.3, 0.4) is 0 Å². The molecule has 1 aromatic rings. The van der Waals surface area contributed by atoms with Gasteiger partial charge in [-0.3, -0.25) is 14.5 Å². The van der Waals surface area contributed by atoms with Gasteiger partial charge in [-0.2, -0.15) is 0 Å². The summed E-state index contributed by atoms with van der Waals surface area (Å²) in [5.74, 6) is 0.466. The summed E-state index contributed by atoms with van der Waals surface area (Å²) in [5.41, 5.74) is 1.67. The van der Waals surface area contributed by atoms with E-state index >= 15 is 0 Å². The highest BCUT2D eigenvalue weighted by Crippen LogP contribution is 2.24. The van der Waals surface area contributed by atoms with E-state index in [-0.39, 0.29) is 24.9 Å². The zero-order valence-corrected chi connectivity index (χ0v) is 14.7. The zero-order valence-electron chi connectivity index (χ0n) is 14.7. The molecule has 0 atom stereocenters. The predicted octanol–water partition coefficient (Wildman–Crippen LogP) is 1.74. The van der Waals surface area contributed by atoms with E-state index in [2.05, 4.69) is 5.32 Å². The molecule has 6 heteroatoms. The van der Waals surface area contributed by atoms with Gasteiger partial charge in [0.15, 0.2) is 0 Å². The molecule has 0 aliphatic carbocycles. The van der Waals surface area contributed by atoms with Gasteiger partial charge in [0, 0.05) is 13.1 Å². The molecule has 0 bridgehead atoms. The smallest absolute Gasteiger partial charge is 0.238 e. The van der Waals surface area contributed by atoms with E-state index in [9.17, 15) is 9.59 Å². The number of carbonyl (C=O) groups is 2. The molecule has 1 aromatic carbocycles. The van der Waals surface area contributed by atoms with Crippen LogP contribution in [0.4, 0.5) is 5.69 Å². The third-order valence-electron chi connectivity index (χ3n) is 3.56. The van der Waals surface area contributed by atoms with Gasteiger partial charge < -0.3 is 15.0 Å². The number of methoxy groups -OCH3 is 1. The quantitative estimate of drug-likeness (QED) is 0.792. The molecule has 6 nitrogen and oxygen atoms in total. The van der Waals surface area contributed by atoms with E-state index in [1.165, 1.54) is 0 Å². The number of nitrogens with one attached hydrogen (secondary N) is 1. The second kappa shape index (κ2) is 9.15. The molecule has 0 heterocycles. The second-order valence-corrected chi connectivity index (χ2v) is 5.49. The van der Waals surface area contributed by atoms with Gasteiger partial charge in [-0.15, -0.1) is 0 Å². The fourth-order valence-electron chi connectivity index (χ4n) is 2.32. The number of nitrogens with zero attached hydrogens (tertiary/aromatic N) is 2. The summed E-state index contributed by atoms with van der Waals surface area (Å²) in [4.78, 5) is 27.6. The maximum Gasteiger partial charge on any atom is 0.238 e. The first-order valence-corrected chi connectivity index (χ1v) is 7.82. The largest absolute Gasteiger partial charge is 0.495 e. The average molecular weight is 321 g/mol. The summed E-state index contributed by atoms with van der Waals surface area (Å²) in [6, 6.07) is 5.60. The first-order chi connectivity index (χ1) is 10.9. The third-order valence-corrected chi connectivity index (χ3v) is 3.56. The molecule has 0 aliphatic heterocycles. The zero-order chi connectivity index (χ0) is 17.4. The van der Waals surface area contributed by atoms with Gasteiger partial charge in [0.1, 0.15) is 5.75 Å². The van der Waals surface area contributed by atoms with E-state index in [1.54, 1.807) is 24.0 Å². The highest BCUT2D eigenvalue weighted by atomic mass is 16.5. The first-order valence-electron chi connectivity index (χ1n) is 7.82. The van der Waals surface area contributed by atoms with Crippen LogP contribution in [0.15, 0.2) is 18.2 Å². The molecular formula is C17H27N3O3. The van der Waals surface area contributed by atoms with Gasteiger partial charge in [0.05, 0.1) is 25.9 Å². The standard InChI is InChI=1S/C17H27N3O3/c1-6-20(7-2)17(22)12-19(4)11-16(21)18-14-10-13(3)8-9-15(14)23-5/h8-10H,6-7,11-12H2,1-5H3,(H,18,21). The van der Waals surface area contributed by atoms with Crippen LogP contribution in [0, 0.1) is 6.92 Å². The average Bonchev–Trinajstić information content (AvgIpc) is 2.48. The van der Waals surface area contributed by atoms with Gasteiger partial charge in [0.2, 0.25) is 11.8 Å². The number of benzene rings is 1. The number of anilines is 1. The molecule has 0 saturated heterocycles. The Morgan fingerprint density at radius 2 is 1.83 bits per heavy atom. The first kappa shape index (κ1) is 19.0. The van der Waals surface area contributed by atoms with Crippen LogP contribution in [-0.4, -0.2) is 62.0 Å². The van der Waals surface area contributed by atoms with E-state index < -0.39 is 0 Å². The predicted molar refractivity (Wildman–Crippen MR) is 91.8 cm³/mol. The maximum atomic E-state index is 12.2. The molecule has 128 valence electrons. The molecule has 0 radical (unpaired) electrons. The molecule has 23 heavy (non-hydrogen) atoms. The lowest BCUT2D eigenvalue weighted by Gasteiger charge is -2.22. The Morgan fingerprint density at radius 1 is 1.17 bits per heavy atom. The summed E-state index contributed by atoms with van der Waals surface area (Å²) in [7, 11) is 3.32. The van der Waals surface area contributed by atoms with Crippen LogP contribution in [0.2, 0.25) is 0 Å². The Kier molecular flexibility index (Phi) is 7.54. The monoisotopic (exact) mass is 321 g/mol. The van der Waals surface area contributed by atoms with Gasteiger partial charge >= 0.3 is 0 Å². The number of aryl methyl sites for hydroxylation is 1. The van der Waals surface area contributed by atoms with Crippen molar-refractivity contribution in [3.05, 3.63) is 23.8 Å². The summed E-state index contributed by atoms with van der Waals surface area (Å²) in [6.07, 6.45) is 0. The Morgan fingerprint density at radius 3 is 2.39 bits per heavy atom. The van der Waals surface area contributed by atoms with Gasteiger partial charge in [-0.05, 0) is 45.5 Å². The lowest BCUT2D eigenvalue weighted by molar-refractivity contribution is -0.132. The lowest BCUT2D eigenvalue weighted by atomic mass is 10.2. The number of hydrogen-bond acceptors (Lipinski definition) is 4. The molecule has 0 saturated carbocycles. The number of rotatable bonds is 8. The lowest BCUT2D eigenvalue weighted by Crippen LogP contribution is -2.41. The van der Waals surface area contributed by atoms with Gasteiger partial charge in [-0.1, -0.05) is 6.07 Å². The van der Waals surface area contributed by atoms with Crippen LogP contribution in [0.1, 0.15) is 19.4 Å². The molecule has 0 fully saturated rings. The van der Waals surface area contributed by atoms with Crippen molar-refractivity contribution in [2.75, 3.05) is 45.7 Å². The number of ether oxygens (including phenoxy) is 1. The van der Waals surface area contributed by atoms with Crippen molar-refractivity contribution < 1.29 is 14.3 Å². The third kappa shape index (κ3) is 5.90.